The summed E-state index contributed by atoms with van der Waals surface area (Å²) in [4.78, 5) is 4.24. The van der Waals surface area contributed by atoms with Gasteiger partial charge in [-0.05, 0) is 18.2 Å². The van der Waals surface area contributed by atoms with E-state index in [0.717, 1.165) is 18.7 Å². The fourth-order valence-electron chi connectivity index (χ4n) is 1.73. The van der Waals surface area contributed by atoms with Gasteiger partial charge in [0, 0.05) is 37.2 Å². The van der Waals surface area contributed by atoms with Gasteiger partial charge in [-0.15, -0.1) is 0 Å². The number of nitrogens with one attached hydrogen (secondary N) is 1. The molecule has 0 unspecified atom stereocenters. The van der Waals surface area contributed by atoms with Crippen LogP contribution in [0.5, 0.6) is 0 Å². The van der Waals surface area contributed by atoms with Crippen LogP contribution < -0.4 is 5.32 Å². The van der Waals surface area contributed by atoms with E-state index in [2.05, 4.69) is 10.3 Å². The molecule has 0 amide bonds. The van der Waals surface area contributed by atoms with E-state index in [1.54, 1.807) is 31.5 Å². The summed E-state index contributed by atoms with van der Waals surface area (Å²) in [5.74, 6) is 1.30. The van der Waals surface area contributed by atoms with Crippen LogP contribution in [0.15, 0.2) is 28.8 Å². The molecule has 2 rings (SSSR count). The zero-order valence-electron chi connectivity index (χ0n) is 11.2. The summed E-state index contributed by atoms with van der Waals surface area (Å²) in [6, 6.07) is 5.25. The van der Waals surface area contributed by atoms with Crippen molar-refractivity contribution in [3.8, 4) is 11.3 Å². The van der Waals surface area contributed by atoms with E-state index in [9.17, 15) is 0 Å². The van der Waals surface area contributed by atoms with Gasteiger partial charge in [-0.3, -0.25) is 0 Å². The lowest BCUT2D eigenvalue weighted by molar-refractivity contribution is 0.199. The first-order chi connectivity index (χ1) is 9.70. The molecule has 0 radical (unpaired) electrons. The van der Waals surface area contributed by atoms with Gasteiger partial charge in [0.25, 0.3) is 0 Å². The number of halogens is 2. The van der Waals surface area contributed by atoms with Crippen LogP contribution in [0.2, 0.25) is 10.0 Å². The van der Waals surface area contributed by atoms with Gasteiger partial charge in [0.05, 0.1) is 17.8 Å². The predicted molar refractivity (Wildman–Crippen MR) is 80.4 cm³/mol. The highest BCUT2D eigenvalue weighted by atomic mass is 35.5. The molecule has 1 aromatic carbocycles. The summed E-state index contributed by atoms with van der Waals surface area (Å²) in [6.45, 7) is 2.28. The largest absolute Gasteiger partial charge is 0.441 e. The van der Waals surface area contributed by atoms with E-state index in [1.807, 2.05) is 0 Å². The minimum absolute atomic E-state index is 0.593. The van der Waals surface area contributed by atoms with Crippen molar-refractivity contribution in [3.63, 3.8) is 0 Å². The highest BCUT2D eigenvalue weighted by Gasteiger charge is 2.10. The minimum atomic E-state index is 0.593. The van der Waals surface area contributed by atoms with Crippen LogP contribution >= 0.6 is 23.2 Å². The van der Waals surface area contributed by atoms with Crippen LogP contribution in [0.25, 0.3) is 11.3 Å². The zero-order chi connectivity index (χ0) is 14.4. The molecule has 1 heterocycles. The van der Waals surface area contributed by atoms with Gasteiger partial charge in [0.2, 0.25) is 0 Å². The van der Waals surface area contributed by atoms with Crippen LogP contribution in [0, 0.1) is 0 Å². The van der Waals surface area contributed by atoms with Crippen molar-refractivity contribution in [3.05, 3.63) is 40.3 Å². The zero-order valence-corrected chi connectivity index (χ0v) is 12.7. The Morgan fingerprint density at radius 3 is 2.95 bits per heavy atom. The highest BCUT2D eigenvalue weighted by molar-refractivity contribution is 6.35. The smallest absolute Gasteiger partial charge is 0.196 e. The van der Waals surface area contributed by atoms with E-state index in [-0.39, 0.29) is 0 Å². The van der Waals surface area contributed by atoms with Crippen LogP contribution in [0.4, 0.5) is 0 Å². The van der Waals surface area contributed by atoms with Gasteiger partial charge in [-0.25, -0.2) is 4.98 Å². The van der Waals surface area contributed by atoms with E-state index in [4.69, 9.17) is 32.4 Å². The van der Waals surface area contributed by atoms with Crippen molar-refractivity contribution in [2.75, 3.05) is 26.8 Å². The van der Waals surface area contributed by atoms with Crippen LogP contribution in [-0.4, -0.2) is 31.8 Å². The molecule has 0 aliphatic carbocycles. The van der Waals surface area contributed by atoms with Gasteiger partial charge in [-0.1, -0.05) is 23.2 Å². The fourth-order valence-corrected chi connectivity index (χ4v) is 2.11. The van der Waals surface area contributed by atoms with E-state index < -0.39 is 0 Å². The third kappa shape index (κ3) is 4.21. The molecule has 0 aliphatic heterocycles. The van der Waals surface area contributed by atoms with Gasteiger partial charge in [0.1, 0.15) is 0 Å². The number of rotatable bonds is 7. The lowest BCUT2D eigenvalue weighted by Crippen LogP contribution is -2.21. The quantitative estimate of drug-likeness (QED) is 0.795. The minimum Gasteiger partial charge on any atom is -0.441 e. The number of aromatic nitrogens is 1. The number of hydrogen-bond acceptors (Lipinski definition) is 4. The maximum absolute atomic E-state index is 6.13. The topological polar surface area (TPSA) is 47.3 Å². The van der Waals surface area contributed by atoms with E-state index in [1.165, 1.54) is 0 Å². The van der Waals surface area contributed by atoms with Crippen LogP contribution in [0.3, 0.4) is 0 Å². The molecule has 108 valence electrons. The molecule has 0 atom stereocenters. The standard InChI is InChI=1S/C14H16Cl2N2O2/c1-19-7-6-17-5-4-14-18-9-13(20-14)11-8-10(15)2-3-12(11)16/h2-3,8-9,17H,4-7H2,1H3. The molecule has 0 spiro atoms. The van der Waals surface area contributed by atoms with Gasteiger partial charge in [0.15, 0.2) is 11.7 Å². The second kappa shape index (κ2) is 7.64. The van der Waals surface area contributed by atoms with Crippen molar-refractivity contribution < 1.29 is 9.15 Å². The van der Waals surface area contributed by atoms with Crippen LogP contribution in [0.1, 0.15) is 5.89 Å². The molecule has 20 heavy (non-hydrogen) atoms. The predicted octanol–water partition coefficient (Wildman–Crippen LogP) is 3.43. The Balaban J connectivity index is 1.96. The van der Waals surface area contributed by atoms with E-state index >= 15 is 0 Å². The molecular weight excluding hydrogens is 299 g/mol. The van der Waals surface area contributed by atoms with Crippen molar-refractivity contribution in [1.82, 2.24) is 10.3 Å². The summed E-state index contributed by atoms with van der Waals surface area (Å²) in [6.07, 6.45) is 2.38. The first-order valence-electron chi connectivity index (χ1n) is 6.30. The maximum atomic E-state index is 6.13. The Hall–Kier alpha value is -1.07. The summed E-state index contributed by atoms with van der Waals surface area (Å²) in [5, 5.41) is 4.44. The summed E-state index contributed by atoms with van der Waals surface area (Å²) < 4.78 is 10.6. The Bertz CT molecular complexity index is 558. The second-order valence-electron chi connectivity index (χ2n) is 4.24. The van der Waals surface area contributed by atoms with Gasteiger partial charge >= 0.3 is 0 Å². The summed E-state index contributed by atoms with van der Waals surface area (Å²) in [5.41, 5.74) is 0.755. The maximum Gasteiger partial charge on any atom is 0.196 e. The van der Waals surface area contributed by atoms with E-state index in [0.29, 0.717) is 34.7 Å². The number of methoxy groups -OCH3 is 1. The Morgan fingerprint density at radius 1 is 1.30 bits per heavy atom. The number of hydrogen-bond donors (Lipinski definition) is 1. The molecular formula is C14H16Cl2N2O2. The number of nitrogens with zero attached hydrogens (tertiary/aromatic N) is 1. The molecule has 6 heteroatoms. The van der Waals surface area contributed by atoms with Crippen molar-refractivity contribution >= 4 is 23.2 Å². The number of ether oxygens (including phenoxy) is 1. The highest BCUT2D eigenvalue weighted by Crippen LogP contribution is 2.30. The molecule has 0 aliphatic rings. The molecule has 0 fully saturated rings. The molecule has 0 saturated heterocycles. The lowest BCUT2D eigenvalue weighted by Gasteiger charge is -2.02. The molecule has 1 aromatic heterocycles. The average molecular weight is 315 g/mol. The number of oxazole rings is 1. The van der Waals surface area contributed by atoms with Gasteiger partial charge in [-0.2, -0.15) is 0 Å². The third-order valence-corrected chi connectivity index (χ3v) is 3.31. The third-order valence-electron chi connectivity index (χ3n) is 2.75. The Labute approximate surface area is 128 Å². The van der Waals surface area contributed by atoms with Crippen LogP contribution in [-0.2, 0) is 11.2 Å². The van der Waals surface area contributed by atoms with Crippen molar-refractivity contribution in [1.29, 1.82) is 0 Å². The SMILES string of the molecule is COCCNCCc1ncc(-c2cc(Cl)ccc2Cl)o1. The van der Waals surface area contributed by atoms with Crippen molar-refractivity contribution in [2.45, 2.75) is 6.42 Å². The lowest BCUT2D eigenvalue weighted by atomic mass is 10.2. The number of benzene rings is 1. The van der Waals surface area contributed by atoms with Crippen molar-refractivity contribution in [2.24, 2.45) is 0 Å². The Morgan fingerprint density at radius 2 is 2.15 bits per heavy atom. The average Bonchev–Trinajstić information content (AvgIpc) is 2.90. The normalized spacial score (nSPS) is 10.9. The molecule has 0 bridgehead atoms. The Kier molecular flexibility index (Phi) is 5.86. The van der Waals surface area contributed by atoms with Gasteiger partial charge < -0.3 is 14.5 Å². The molecule has 1 N–H and O–H groups in total. The molecule has 4 nitrogen and oxygen atoms in total. The first-order valence-corrected chi connectivity index (χ1v) is 7.06. The molecule has 0 saturated carbocycles. The second-order valence-corrected chi connectivity index (χ2v) is 5.08. The monoisotopic (exact) mass is 314 g/mol. The first kappa shape index (κ1) is 15.3. The summed E-state index contributed by atoms with van der Waals surface area (Å²) in [7, 11) is 1.68. The molecule has 2 aromatic rings. The summed E-state index contributed by atoms with van der Waals surface area (Å²) >= 11 is 12.1. The fraction of sp³-hybridized carbons (Fsp3) is 0.357.